The number of carbonyl (C=O) groups excluding carboxylic acids is 1. The summed E-state index contributed by atoms with van der Waals surface area (Å²) >= 11 is 3.37. The number of carbonyl (C=O) groups is 1. The zero-order valence-corrected chi connectivity index (χ0v) is 15.0. The van der Waals surface area contributed by atoms with Crippen molar-refractivity contribution in [2.24, 2.45) is 0 Å². The summed E-state index contributed by atoms with van der Waals surface area (Å²) in [5.74, 6) is 0.818. The number of pyridine rings is 1. The summed E-state index contributed by atoms with van der Waals surface area (Å²) in [4.78, 5) is 18.5. The maximum absolute atomic E-state index is 12.3. The lowest BCUT2D eigenvalue weighted by Crippen LogP contribution is -2.48. The van der Waals surface area contributed by atoms with Crippen molar-refractivity contribution < 1.29 is 9.53 Å². The summed E-state index contributed by atoms with van der Waals surface area (Å²) in [5.41, 5.74) is -0.459. The molecule has 6 heteroatoms. The van der Waals surface area contributed by atoms with Gasteiger partial charge in [-0.1, -0.05) is 0 Å². The summed E-state index contributed by atoms with van der Waals surface area (Å²) < 4.78 is 6.46. The Kier molecular flexibility index (Phi) is 5.67. The van der Waals surface area contributed by atoms with Crippen LogP contribution in [0.4, 0.5) is 10.6 Å². The number of hydrogen-bond donors (Lipinski definition) is 1. The average Bonchev–Trinajstić information content (AvgIpc) is 2.45. The van der Waals surface area contributed by atoms with Crippen molar-refractivity contribution in [3.05, 3.63) is 22.8 Å². The lowest BCUT2D eigenvalue weighted by atomic mass is 10.0. The summed E-state index contributed by atoms with van der Waals surface area (Å²) in [6, 6.07) is 4.01. The molecule has 1 aliphatic rings. The molecule has 1 amide bonds. The Bertz CT molecular complexity index is 499. The molecule has 0 aromatic carbocycles. The molecule has 0 unspecified atom stereocenters. The number of hydrogen-bond acceptors (Lipinski definition) is 4. The molecule has 0 saturated carbocycles. The van der Waals surface area contributed by atoms with Crippen LogP contribution in [-0.4, -0.2) is 40.7 Å². The van der Waals surface area contributed by atoms with E-state index >= 15 is 0 Å². The van der Waals surface area contributed by atoms with Gasteiger partial charge in [-0.2, -0.15) is 0 Å². The maximum Gasteiger partial charge on any atom is 0.410 e. The summed E-state index contributed by atoms with van der Waals surface area (Å²) in [6.45, 7) is 7.14. The topological polar surface area (TPSA) is 54.5 Å². The number of likely N-dealkylation sites (tertiary alicyclic amines) is 1. The van der Waals surface area contributed by atoms with Crippen LogP contribution in [0.1, 0.15) is 40.0 Å². The molecule has 1 N–H and O–H groups in total. The molecule has 0 bridgehead atoms. The smallest absolute Gasteiger partial charge is 0.410 e. The molecule has 1 fully saturated rings. The third kappa shape index (κ3) is 5.16. The van der Waals surface area contributed by atoms with E-state index in [1.54, 1.807) is 6.20 Å². The van der Waals surface area contributed by atoms with E-state index in [-0.39, 0.29) is 12.1 Å². The van der Waals surface area contributed by atoms with Crippen LogP contribution in [0.2, 0.25) is 0 Å². The Morgan fingerprint density at radius 2 is 2.23 bits per heavy atom. The largest absolute Gasteiger partial charge is 0.444 e. The van der Waals surface area contributed by atoms with Gasteiger partial charge in [0.05, 0.1) is 6.04 Å². The van der Waals surface area contributed by atoms with Gasteiger partial charge < -0.3 is 15.0 Å². The molecule has 1 aromatic rings. The third-order valence-electron chi connectivity index (χ3n) is 3.50. The van der Waals surface area contributed by atoms with Gasteiger partial charge in [-0.3, -0.25) is 0 Å². The molecule has 2 rings (SSSR count). The van der Waals surface area contributed by atoms with E-state index in [1.165, 1.54) is 0 Å². The molecular weight excluding hydrogens is 346 g/mol. The second-order valence-electron chi connectivity index (χ2n) is 6.57. The Morgan fingerprint density at radius 1 is 1.45 bits per heavy atom. The summed E-state index contributed by atoms with van der Waals surface area (Å²) in [6.07, 6.45) is 4.70. The van der Waals surface area contributed by atoms with Crippen LogP contribution in [-0.2, 0) is 4.74 Å². The third-order valence-corrected chi connectivity index (χ3v) is 3.97. The van der Waals surface area contributed by atoms with E-state index in [2.05, 4.69) is 26.2 Å². The van der Waals surface area contributed by atoms with Gasteiger partial charge in [0.15, 0.2) is 0 Å². The standard InChI is InChI=1S/C16H24BrN3O2/c1-16(2,3)22-15(21)20-9-5-4-6-13(20)11-19-14-8-7-12(17)10-18-14/h7-8,10,13H,4-6,9,11H2,1-3H3,(H,18,19)/t13-/m0/s1. The van der Waals surface area contributed by atoms with E-state index in [0.29, 0.717) is 6.54 Å². The van der Waals surface area contributed by atoms with Gasteiger partial charge in [-0.05, 0) is 68.1 Å². The van der Waals surface area contributed by atoms with Crippen LogP contribution < -0.4 is 5.32 Å². The minimum Gasteiger partial charge on any atom is -0.444 e. The number of amides is 1. The molecule has 0 spiro atoms. The fraction of sp³-hybridized carbons (Fsp3) is 0.625. The first kappa shape index (κ1) is 17.1. The first-order valence-electron chi connectivity index (χ1n) is 7.70. The van der Waals surface area contributed by atoms with Crippen molar-refractivity contribution in [3.8, 4) is 0 Å². The fourth-order valence-electron chi connectivity index (χ4n) is 2.48. The second-order valence-corrected chi connectivity index (χ2v) is 7.48. The van der Waals surface area contributed by atoms with E-state index in [4.69, 9.17) is 4.74 Å². The normalized spacial score (nSPS) is 18.9. The average molecular weight is 370 g/mol. The second kappa shape index (κ2) is 7.31. The number of piperidine rings is 1. The SMILES string of the molecule is CC(C)(C)OC(=O)N1CCCC[C@H]1CNc1ccc(Br)cn1. The Balaban J connectivity index is 1.94. The van der Waals surface area contributed by atoms with Crippen LogP contribution >= 0.6 is 15.9 Å². The van der Waals surface area contributed by atoms with Gasteiger partial charge in [-0.25, -0.2) is 9.78 Å². The number of nitrogens with one attached hydrogen (secondary N) is 1. The van der Waals surface area contributed by atoms with Gasteiger partial charge in [-0.15, -0.1) is 0 Å². The first-order valence-corrected chi connectivity index (χ1v) is 8.49. The van der Waals surface area contributed by atoms with Crippen LogP contribution in [0.15, 0.2) is 22.8 Å². The number of nitrogens with zero attached hydrogens (tertiary/aromatic N) is 2. The fourth-order valence-corrected chi connectivity index (χ4v) is 2.71. The Morgan fingerprint density at radius 3 is 2.86 bits per heavy atom. The minimum absolute atomic E-state index is 0.147. The highest BCUT2D eigenvalue weighted by Crippen LogP contribution is 2.21. The zero-order chi connectivity index (χ0) is 16.2. The molecule has 122 valence electrons. The van der Waals surface area contributed by atoms with Crippen molar-refractivity contribution in [1.82, 2.24) is 9.88 Å². The number of halogens is 1. The number of anilines is 1. The number of aromatic nitrogens is 1. The Hall–Kier alpha value is -1.30. The van der Waals surface area contributed by atoms with Crippen LogP contribution in [0.3, 0.4) is 0 Å². The molecule has 2 heterocycles. The quantitative estimate of drug-likeness (QED) is 0.872. The summed E-state index contributed by atoms with van der Waals surface area (Å²) in [7, 11) is 0. The molecule has 0 radical (unpaired) electrons. The highest BCUT2D eigenvalue weighted by atomic mass is 79.9. The predicted octanol–water partition coefficient (Wildman–Crippen LogP) is 4.05. The van der Waals surface area contributed by atoms with Gasteiger partial charge in [0.2, 0.25) is 0 Å². The maximum atomic E-state index is 12.3. The molecular formula is C16H24BrN3O2. The van der Waals surface area contributed by atoms with Gasteiger partial charge in [0.1, 0.15) is 11.4 Å². The van der Waals surface area contributed by atoms with E-state index in [0.717, 1.165) is 36.1 Å². The highest BCUT2D eigenvalue weighted by molar-refractivity contribution is 9.10. The van der Waals surface area contributed by atoms with Gasteiger partial charge >= 0.3 is 6.09 Å². The zero-order valence-electron chi connectivity index (χ0n) is 13.4. The lowest BCUT2D eigenvalue weighted by Gasteiger charge is -2.36. The van der Waals surface area contributed by atoms with Crippen LogP contribution in [0.5, 0.6) is 0 Å². The molecule has 22 heavy (non-hydrogen) atoms. The minimum atomic E-state index is -0.459. The van der Waals surface area contributed by atoms with Crippen LogP contribution in [0, 0.1) is 0 Å². The molecule has 1 aromatic heterocycles. The van der Waals surface area contributed by atoms with Crippen molar-refractivity contribution >= 4 is 27.8 Å². The number of ether oxygens (including phenoxy) is 1. The lowest BCUT2D eigenvalue weighted by molar-refractivity contribution is 0.0114. The number of rotatable bonds is 3. The van der Waals surface area contributed by atoms with E-state index < -0.39 is 5.60 Å². The molecule has 5 nitrogen and oxygen atoms in total. The van der Waals surface area contributed by atoms with Gasteiger partial charge in [0, 0.05) is 23.8 Å². The van der Waals surface area contributed by atoms with E-state index in [1.807, 2.05) is 37.8 Å². The van der Waals surface area contributed by atoms with Crippen molar-refractivity contribution in [2.45, 2.75) is 51.7 Å². The molecule has 1 atom stereocenters. The van der Waals surface area contributed by atoms with Gasteiger partial charge in [0.25, 0.3) is 0 Å². The van der Waals surface area contributed by atoms with Crippen molar-refractivity contribution in [1.29, 1.82) is 0 Å². The van der Waals surface area contributed by atoms with E-state index in [9.17, 15) is 4.79 Å². The monoisotopic (exact) mass is 369 g/mol. The predicted molar refractivity (Wildman–Crippen MR) is 91.0 cm³/mol. The van der Waals surface area contributed by atoms with Crippen molar-refractivity contribution in [3.63, 3.8) is 0 Å². The first-order chi connectivity index (χ1) is 10.3. The van der Waals surface area contributed by atoms with Crippen molar-refractivity contribution in [2.75, 3.05) is 18.4 Å². The molecule has 1 aliphatic heterocycles. The molecule has 1 saturated heterocycles. The summed E-state index contributed by atoms with van der Waals surface area (Å²) in [5, 5.41) is 3.31. The molecule has 0 aliphatic carbocycles. The Labute approximate surface area is 140 Å². The highest BCUT2D eigenvalue weighted by Gasteiger charge is 2.30. The van der Waals surface area contributed by atoms with Crippen LogP contribution in [0.25, 0.3) is 0 Å².